The zero-order valence-corrected chi connectivity index (χ0v) is 13.8. The molecule has 0 spiro atoms. The number of nitrogens with one attached hydrogen (secondary N) is 1. The summed E-state index contributed by atoms with van der Waals surface area (Å²) in [4.78, 5) is 4.39. The van der Waals surface area contributed by atoms with Crippen molar-refractivity contribution in [2.45, 2.75) is 0 Å². The third-order valence-electron chi connectivity index (χ3n) is 3.38. The molecule has 112 valence electrons. The first-order valence-electron chi connectivity index (χ1n) is 6.74. The molecule has 0 fully saturated rings. The Morgan fingerprint density at radius 2 is 1.82 bits per heavy atom. The van der Waals surface area contributed by atoms with Gasteiger partial charge in [0.15, 0.2) is 0 Å². The molecule has 2 aromatic carbocycles. The topological polar surface area (TPSA) is 43.4 Å². The Morgan fingerprint density at radius 3 is 2.59 bits per heavy atom. The SMILES string of the molecule is COc1ccc(Nc2ccnc3cc(Br)ccc23)c(OC)c1. The van der Waals surface area contributed by atoms with Gasteiger partial charge in [-0.1, -0.05) is 15.9 Å². The molecule has 4 nitrogen and oxygen atoms in total. The number of methoxy groups -OCH3 is 2. The van der Waals surface area contributed by atoms with Crippen molar-refractivity contribution in [3.8, 4) is 11.5 Å². The number of hydrogen-bond donors (Lipinski definition) is 1. The Bertz CT molecular complexity index is 821. The highest BCUT2D eigenvalue weighted by atomic mass is 79.9. The van der Waals surface area contributed by atoms with Crippen LogP contribution in [0.3, 0.4) is 0 Å². The van der Waals surface area contributed by atoms with Gasteiger partial charge in [0.05, 0.1) is 25.4 Å². The highest BCUT2D eigenvalue weighted by molar-refractivity contribution is 9.10. The summed E-state index contributed by atoms with van der Waals surface area (Å²) in [5.74, 6) is 1.48. The second-order valence-corrected chi connectivity index (χ2v) is 5.63. The van der Waals surface area contributed by atoms with E-state index in [0.717, 1.165) is 38.2 Å². The highest BCUT2D eigenvalue weighted by Crippen LogP contribution is 2.33. The third-order valence-corrected chi connectivity index (χ3v) is 3.88. The predicted molar refractivity (Wildman–Crippen MR) is 92.3 cm³/mol. The van der Waals surface area contributed by atoms with Gasteiger partial charge in [0.2, 0.25) is 0 Å². The maximum atomic E-state index is 5.43. The van der Waals surface area contributed by atoms with Gasteiger partial charge in [0.25, 0.3) is 0 Å². The molecule has 0 aliphatic rings. The number of anilines is 2. The van der Waals surface area contributed by atoms with Crippen LogP contribution in [0, 0.1) is 0 Å². The van der Waals surface area contributed by atoms with Gasteiger partial charge in [0, 0.05) is 27.8 Å². The van der Waals surface area contributed by atoms with Gasteiger partial charge in [-0.3, -0.25) is 4.98 Å². The van der Waals surface area contributed by atoms with Gasteiger partial charge < -0.3 is 14.8 Å². The number of pyridine rings is 1. The molecule has 3 rings (SSSR count). The quantitative estimate of drug-likeness (QED) is 0.730. The molecular formula is C17H15BrN2O2. The monoisotopic (exact) mass is 358 g/mol. The molecule has 0 saturated heterocycles. The summed E-state index contributed by atoms with van der Waals surface area (Å²) in [6, 6.07) is 13.6. The van der Waals surface area contributed by atoms with Crippen LogP contribution in [0.25, 0.3) is 10.9 Å². The number of aromatic nitrogens is 1. The fraction of sp³-hybridized carbons (Fsp3) is 0.118. The molecule has 0 amide bonds. The molecule has 1 aromatic heterocycles. The van der Waals surface area contributed by atoms with Crippen molar-refractivity contribution in [2.24, 2.45) is 0 Å². The van der Waals surface area contributed by atoms with Crippen molar-refractivity contribution >= 4 is 38.2 Å². The van der Waals surface area contributed by atoms with Crippen molar-refractivity contribution in [3.63, 3.8) is 0 Å². The van der Waals surface area contributed by atoms with Crippen LogP contribution >= 0.6 is 15.9 Å². The molecule has 0 unspecified atom stereocenters. The third kappa shape index (κ3) is 2.85. The Labute approximate surface area is 137 Å². The molecule has 22 heavy (non-hydrogen) atoms. The van der Waals surface area contributed by atoms with Crippen molar-refractivity contribution in [2.75, 3.05) is 19.5 Å². The minimum Gasteiger partial charge on any atom is -0.497 e. The Morgan fingerprint density at radius 1 is 0.955 bits per heavy atom. The summed E-state index contributed by atoms with van der Waals surface area (Å²) < 4.78 is 11.7. The Balaban J connectivity index is 2.03. The van der Waals surface area contributed by atoms with Crippen LogP contribution in [0.15, 0.2) is 53.1 Å². The molecule has 0 bridgehead atoms. The first kappa shape index (κ1) is 14.7. The van der Waals surface area contributed by atoms with Crippen LogP contribution < -0.4 is 14.8 Å². The number of hydrogen-bond acceptors (Lipinski definition) is 4. The molecule has 3 aromatic rings. The summed E-state index contributed by atoms with van der Waals surface area (Å²) in [6.45, 7) is 0. The van der Waals surface area contributed by atoms with Crippen molar-refractivity contribution in [1.29, 1.82) is 0 Å². The van der Waals surface area contributed by atoms with Crippen molar-refractivity contribution in [1.82, 2.24) is 4.98 Å². The summed E-state index contributed by atoms with van der Waals surface area (Å²) in [7, 11) is 3.28. The van der Waals surface area contributed by atoms with Crippen LogP contribution in [-0.2, 0) is 0 Å². The van der Waals surface area contributed by atoms with Gasteiger partial charge in [-0.05, 0) is 36.4 Å². The number of benzene rings is 2. The maximum absolute atomic E-state index is 5.43. The van der Waals surface area contributed by atoms with E-state index in [9.17, 15) is 0 Å². The lowest BCUT2D eigenvalue weighted by Crippen LogP contribution is -1.96. The van der Waals surface area contributed by atoms with E-state index < -0.39 is 0 Å². The average Bonchev–Trinajstić information content (AvgIpc) is 2.55. The summed E-state index contributed by atoms with van der Waals surface area (Å²) >= 11 is 3.47. The second-order valence-electron chi connectivity index (χ2n) is 4.71. The molecule has 5 heteroatoms. The van der Waals surface area contributed by atoms with Crippen molar-refractivity contribution in [3.05, 3.63) is 53.1 Å². The van der Waals surface area contributed by atoms with Crippen LogP contribution in [0.1, 0.15) is 0 Å². The first-order chi connectivity index (χ1) is 10.7. The van der Waals surface area contributed by atoms with Gasteiger partial charge in [0.1, 0.15) is 11.5 Å². The molecule has 0 atom stereocenters. The summed E-state index contributed by atoms with van der Waals surface area (Å²) in [6.07, 6.45) is 1.78. The summed E-state index contributed by atoms with van der Waals surface area (Å²) in [5.41, 5.74) is 2.77. The molecule has 0 aliphatic heterocycles. The smallest absolute Gasteiger partial charge is 0.145 e. The minimum atomic E-state index is 0.724. The number of nitrogens with zero attached hydrogens (tertiary/aromatic N) is 1. The molecular weight excluding hydrogens is 344 g/mol. The standard InChI is InChI=1S/C17H15BrN2O2/c1-21-12-4-6-15(17(10-12)22-2)20-14-7-8-19-16-9-11(18)3-5-13(14)16/h3-10H,1-2H3,(H,19,20). The van der Waals surface area contributed by atoms with E-state index >= 15 is 0 Å². The van der Waals surface area contributed by atoms with Crippen molar-refractivity contribution < 1.29 is 9.47 Å². The lowest BCUT2D eigenvalue weighted by molar-refractivity contribution is 0.395. The van der Waals surface area contributed by atoms with Crippen LogP contribution in [-0.4, -0.2) is 19.2 Å². The summed E-state index contributed by atoms with van der Waals surface area (Å²) in [5, 5.41) is 4.45. The lowest BCUT2D eigenvalue weighted by atomic mass is 10.1. The van der Waals surface area contributed by atoms with E-state index in [0.29, 0.717) is 0 Å². The largest absolute Gasteiger partial charge is 0.497 e. The average molecular weight is 359 g/mol. The fourth-order valence-electron chi connectivity index (χ4n) is 2.28. The molecule has 1 heterocycles. The van der Waals surface area contributed by atoms with E-state index in [1.807, 2.05) is 42.5 Å². The maximum Gasteiger partial charge on any atom is 0.145 e. The molecule has 0 aliphatic carbocycles. The van der Waals surface area contributed by atoms with Gasteiger partial charge in [-0.2, -0.15) is 0 Å². The zero-order valence-electron chi connectivity index (χ0n) is 12.3. The number of rotatable bonds is 4. The van der Waals surface area contributed by atoms with E-state index in [1.165, 1.54) is 0 Å². The van der Waals surface area contributed by atoms with E-state index in [4.69, 9.17) is 9.47 Å². The minimum absolute atomic E-state index is 0.724. The Kier molecular flexibility index (Phi) is 4.15. The highest BCUT2D eigenvalue weighted by Gasteiger charge is 2.08. The van der Waals surface area contributed by atoms with E-state index in [1.54, 1.807) is 20.4 Å². The number of halogens is 1. The Hall–Kier alpha value is -2.27. The molecule has 0 radical (unpaired) electrons. The van der Waals surface area contributed by atoms with Gasteiger partial charge >= 0.3 is 0 Å². The van der Waals surface area contributed by atoms with E-state index in [2.05, 4.69) is 26.2 Å². The zero-order chi connectivity index (χ0) is 15.5. The number of ether oxygens (including phenoxy) is 2. The first-order valence-corrected chi connectivity index (χ1v) is 7.54. The van der Waals surface area contributed by atoms with Gasteiger partial charge in [-0.25, -0.2) is 0 Å². The molecule has 1 N–H and O–H groups in total. The normalized spacial score (nSPS) is 10.5. The second kappa shape index (κ2) is 6.23. The fourth-order valence-corrected chi connectivity index (χ4v) is 2.63. The van der Waals surface area contributed by atoms with Crippen LogP contribution in [0.4, 0.5) is 11.4 Å². The van der Waals surface area contributed by atoms with Gasteiger partial charge in [-0.15, -0.1) is 0 Å². The van der Waals surface area contributed by atoms with E-state index in [-0.39, 0.29) is 0 Å². The predicted octanol–water partition coefficient (Wildman–Crippen LogP) is 4.76. The van der Waals surface area contributed by atoms with Crippen LogP contribution in [0.2, 0.25) is 0 Å². The van der Waals surface area contributed by atoms with Crippen LogP contribution in [0.5, 0.6) is 11.5 Å². The lowest BCUT2D eigenvalue weighted by Gasteiger charge is -2.14. The molecule has 0 saturated carbocycles. The number of fused-ring (bicyclic) bond motifs is 1.